The lowest BCUT2D eigenvalue weighted by Crippen LogP contribution is -2.43. The fourth-order valence-electron chi connectivity index (χ4n) is 4.76. The van der Waals surface area contributed by atoms with Gasteiger partial charge >= 0.3 is 0 Å². The van der Waals surface area contributed by atoms with Crippen LogP contribution in [0.3, 0.4) is 0 Å². The van der Waals surface area contributed by atoms with Gasteiger partial charge in [-0.2, -0.15) is 0 Å². The lowest BCUT2D eigenvalue weighted by atomic mass is 9.92. The lowest BCUT2D eigenvalue weighted by Gasteiger charge is -2.34. The van der Waals surface area contributed by atoms with Gasteiger partial charge in [-0.3, -0.25) is 9.59 Å². The second kappa shape index (κ2) is 11.1. The number of nitrogens with one attached hydrogen (secondary N) is 1. The van der Waals surface area contributed by atoms with Crippen LogP contribution in [0.4, 0.5) is 0 Å². The summed E-state index contributed by atoms with van der Waals surface area (Å²) < 4.78 is 0. The van der Waals surface area contributed by atoms with Crippen molar-refractivity contribution in [2.45, 2.75) is 46.0 Å². The Morgan fingerprint density at radius 2 is 1.88 bits per heavy atom. The molecule has 32 heavy (non-hydrogen) atoms. The van der Waals surface area contributed by atoms with E-state index in [0.29, 0.717) is 36.0 Å². The topological polar surface area (TPSA) is 72.5 Å². The van der Waals surface area contributed by atoms with Crippen LogP contribution in [0, 0.1) is 5.41 Å². The van der Waals surface area contributed by atoms with Crippen molar-refractivity contribution >= 4 is 16.8 Å². The molecule has 1 amide bonds. The van der Waals surface area contributed by atoms with Crippen molar-refractivity contribution in [1.82, 2.24) is 24.7 Å². The maximum Gasteiger partial charge on any atom is 0.258 e. The number of carbonyl (C=O) groups excluding carboxylic acids is 1. The van der Waals surface area contributed by atoms with Crippen molar-refractivity contribution in [1.29, 1.82) is 0 Å². The molecule has 1 N–H and O–H groups in total. The number of aromatic amines is 1. The number of benzene rings is 1. The summed E-state index contributed by atoms with van der Waals surface area (Å²) in [6, 6.07) is 7.33. The van der Waals surface area contributed by atoms with E-state index in [1.54, 1.807) is 6.07 Å². The molecule has 1 aliphatic heterocycles. The van der Waals surface area contributed by atoms with Crippen molar-refractivity contribution in [3.63, 3.8) is 0 Å². The molecule has 0 aliphatic carbocycles. The molecule has 7 nitrogen and oxygen atoms in total. The molecule has 1 fully saturated rings. The average molecular weight is 442 g/mol. The van der Waals surface area contributed by atoms with Crippen LogP contribution in [0.1, 0.15) is 45.4 Å². The summed E-state index contributed by atoms with van der Waals surface area (Å²) in [7, 11) is 4.07. The number of likely N-dealkylation sites (tertiary alicyclic amines) is 1. The minimum absolute atomic E-state index is 0.0231. The first-order valence-electron chi connectivity index (χ1n) is 11.9. The summed E-state index contributed by atoms with van der Waals surface area (Å²) >= 11 is 0. The number of carbonyl (C=O) groups is 1. The minimum atomic E-state index is -0.121. The van der Waals surface area contributed by atoms with Gasteiger partial charge in [-0.1, -0.05) is 26.0 Å². The molecular formula is C25H39N5O2. The number of para-hydroxylation sites is 1. The van der Waals surface area contributed by atoms with Crippen LogP contribution in [0.25, 0.3) is 10.9 Å². The first-order valence-corrected chi connectivity index (χ1v) is 11.9. The van der Waals surface area contributed by atoms with Crippen LogP contribution < -0.4 is 5.56 Å². The number of aryl methyl sites for hydroxylation is 1. The van der Waals surface area contributed by atoms with Crippen LogP contribution in [-0.4, -0.2) is 83.9 Å². The summed E-state index contributed by atoms with van der Waals surface area (Å²) in [6.07, 6.45) is 4.36. The van der Waals surface area contributed by atoms with E-state index in [4.69, 9.17) is 0 Å². The smallest absolute Gasteiger partial charge is 0.258 e. The average Bonchev–Trinajstić information content (AvgIpc) is 3.25. The van der Waals surface area contributed by atoms with E-state index < -0.39 is 0 Å². The lowest BCUT2D eigenvalue weighted by molar-refractivity contribution is -0.131. The van der Waals surface area contributed by atoms with E-state index >= 15 is 0 Å². The fourth-order valence-corrected chi connectivity index (χ4v) is 4.76. The number of hydrogen-bond donors (Lipinski definition) is 1. The highest BCUT2D eigenvalue weighted by atomic mass is 16.2. The van der Waals surface area contributed by atoms with Crippen LogP contribution in [-0.2, 0) is 11.2 Å². The van der Waals surface area contributed by atoms with Crippen LogP contribution >= 0.6 is 0 Å². The molecule has 7 heteroatoms. The third kappa shape index (κ3) is 7.14. The molecule has 2 aromatic rings. The van der Waals surface area contributed by atoms with Gasteiger partial charge in [-0.25, -0.2) is 4.98 Å². The van der Waals surface area contributed by atoms with E-state index in [1.807, 2.05) is 30.1 Å². The Bertz CT molecular complexity index is 949. The molecule has 0 spiro atoms. The molecule has 1 aromatic carbocycles. The van der Waals surface area contributed by atoms with Gasteiger partial charge in [0.05, 0.1) is 10.9 Å². The van der Waals surface area contributed by atoms with E-state index in [0.717, 1.165) is 26.2 Å². The number of nitrogens with zero attached hydrogens (tertiary/aromatic N) is 4. The molecule has 0 unspecified atom stereocenters. The normalized spacial score (nSPS) is 15.0. The Morgan fingerprint density at radius 1 is 1.16 bits per heavy atom. The minimum Gasteiger partial charge on any atom is -0.345 e. The van der Waals surface area contributed by atoms with Crippen molar-refractivity contribution in [2.75, 3.05) is 53.4 Å². The number of H-pyrrole nitrogens is 1. The summed E-state index contributed by atoms with van der Waals surface area (Å²) in [5.41, 5.74) is 0.602. The zero-order valence-corrected chi connectivity index (χ0v) is 20.2. The molecule has 3 rings (SSSR count). The molecule has 0 radical (unpaired) electrons. The molecular weight excluding hydrogens is 402 g/mol. The Labute approximate surface area is 191 Å². The van der Waals surface area contributed by atoms with Gasteiger partial charge in [0.1, 0.15) is 5.82 Å². The number of likely N-dealkylation sites (N-methyl/N-ethyl adjacent to an activating group) is 1. The maximum absolute atomic E-state index is 12.7. The maximum atomic E-state index is 12.7. The quantitative estimate of drug-likeness (QED) is 0.581. The molecule has 1 aliphatic rings. The molecule has 0 bridgehead atoms. The number of aromatic nitrogens is 2. The first-order chi connectivity index (χ1) is 15.2. The van der Waals surface area contributed by atoms with Gasteiger partial charge in [-0.05, 0) is 56.9 Å². The van der Waals surface area contributed by atoms with Crippen molar-refractivity contribution < 1.29 is 4.79 Å². The predicted molar refractivity (Wildman–Crippen MR) is 130 cm³/mol. The van der Waals surface area contributed by atoms with Gasteiger partial charge in [0.2, 0.25) is 5.91 Å². The van der Waals surface area contributed by atoms with E-state index in [-0.39, 0.29) is 16.9 Å². The first kappa shape index (κ1) is 24.4. The Morgan fingerprint density at radius 3 is 2.62 bits per heavy atom. The Balaban J connectivity index is 1.42. The largest absolute Gasteiger partial charge is 0.345 e. The highest BCUT2D eigenvalue weighted by Gasteiger charge is 2.24. The fraction of sp³-hybridized carbons (Fsp3) is 0.640. The molecule has 1 aromatic heterocycles. The number of rotatable bonds is 11. The summed E-state index contributed by atoms with van der Waals surface area (Å²) in [4.78, 5) is 39.0. The molecule has 0 atom stereocenters. The molecule has 2 heterocycles. The van der Waals surface area contributed by atoms with Crippen molar-refractivity contribution in [3.8, 4) is 0 Å². The second-order valence-electron chi connectivity index (χ2n) is 10.1. The van der Waals surface area contributed by atoms with Crippen LogP contribution in [0.2, 0.25) is 0 Å². The highest BCUT2D eigenvalue weighted by Crippen LogP contribution is 2.19. The van der Waals surface area contributed by atoms with E-state index in [9.17, 15) is 9.59 Å². The molecule has 0 saturated carbocycles. The van der Waals surface area contributed by atoms with Gasteiger partial charge in [0, 0.05) is 46.1 Å². The van der Waals surface area contributed by atoms with Gasteiger partial charge < -0.3 is 19.7 Å². The van der Waals surface area contributed by atoms with Gasteiger partial charge in [0.25, 0.3) is 5.56 Å². The third-order valence-electron chi connectivity index (χ3n) is 6.25. The zero-order valence-electron chi connectivity index (χ0n) is 20.2. The third-order valence-corrected chi connectivity index (χ3v) is 6.25. The van der Waals surface area contributed by atoms with E-state index in [2.05, 4.69) is 40.7 Å². The Kier molecular flexibility index (Phi) is 8.43. The summed E-state index contributed by atoms with van der Waals surface area (Å²) in [6.45, 7) is 10.8. The number of amides is 1. The highest BCUT2D eigenvalue weighted by molar-refractivity contribution is 5.77. The second-order valence-corrected chi connectivity index (χ2v) is 10.1. The SMILES string of the molecule is CN(CCN1CCCC1)CC(C)(C)CN(C)C(=O)CCCc1nc2ccccc2c(=O)[nH]1. The standard InChI is InChI=1S/C25H39N5O2/c1-25(2,18-28(3)16-17-30-14-7-8-15-30)19-29(4)23(31)13-9-12-22-26-21-11-6-5-10-20(21)24(32)27-22/h5-6,10-11H,7-9,12-19H2,1-4H3,(H,26,27,32). The Hall–Kier alpha value is -2.25. The van der Waals surface area contributed by atoms with Gasteiger partial charge in [-0.15, -0.1) is 0 Å². The van der Waals surface area contributed by atoms with Crippen molar-refractivity contribution in [2.24, 2.45) is 5.41 Å². The van der Waals surface area contributed by atoms with Crippen LogP contribution in [0.15, 0.2) is 29.1 Å². The summed E-state index contributed by atoms with van der Waals surface area (Å²) in [5.74, 6) is 0.782. The van der Waals surface area contributed by atoms with Crippen molar-refractivity contribution in [3.05, 3.63) is 40.4 Å². The zero-order chi connectivity index (χ0) is 23.1. The van der Waals surface area contributed by atoms with Gasteiger partial charge in [0.15, 0.2) is 0 Å². The summed E-state index contributed by atoms with van der Waals surface area (Å²) in [5, 5.41) is 0.597. The van der Waals surface area contributed by atoms with E-state index in [1.165, 1.54) is 25.9 Å². The molecule has 176 valence electrons. The monoisotopic (exact) mass is 441 g/mol. The number of fused-ring (bicyclic) bond motifs is 1. The predicted octanol–water partition coefficient (Wildman–Crippen LogP) is 2.76. The van der Waals surface area contributed by atoms with Crippen LogP contribution in [0.5, 0.6) is 0 Å². The molecule has 1 saturated heterocycles. The number of hydrogen-bond acceptors (Lipinski definition) is 5.